The van der Waals surface area contributed by atoms with Gasteiger partial charge in [-0.2, -0.15) is 4.31 Å². The maximum atomic E-state index is 13.1. The summed E-state index contributed by atoms with van der Waals surface area (Å²) in [7, 11) is -1.67. The van der Waals surface area contributed by atoms with Gasteiger partial charge in [0.15, 0.2) is 4.90 Å². The molecule has 1 amide bonds. The van der Waals surface area contributed by atoms with Crippen molar-refractivity contribution in [2.45, 2.75) is 24.8 Å². The Morgan fingerprint density at radius 3 is 2.16 bits per heavy atom. The molecule has 1 aromatic carbocycles. The van der Waals surface area contributed by atoms with Crippen LogP contribution in [0.5, 0.6) is 11.5 Å². The van der Waals surface area contributed by atoms with Gasteiger partial charge >= 0.3 is 5.97 Å². The van der Waals surface area contributed by atoms with Gasteiger partial charge in [-0.3, -0.25) is 9.59 Å². The molecule has 9 nitrogen and oxygen atoms in total. The van der Waals surface area contributed by atoms with E-state index in [1.807, 2.05) is 0 Å². The van der Waals surface area contributed by atoms with Crippen LogP contribution in [0.1, 0.15) is 13.8 Å². The fraction of sp³-hybridized carbons (Fsp3) is 0.467. The van der Waals surface area contributed by atoms with Crippen molar-refractivity contribution in [2.75, 3.05) is 27.3 Å². The number of methoxy groups -OCH3 is 2. The summed E-state index contributed by atoms with van der Waals surface area (Å²) in [5.41, 5.74) is 0. The predicted molar refractivity (Wildman–Crippen MR) is 89.2 cm³/mol. The first-order valence-electron chi connectivity index (χ1n) is 7.36. The summed E-state index contributed by atoms with van der Waals surface area (Å²) in [6.07, 6.45) is 0. The molecule has 0 bridgehead atoms. The van der Waals surface area contributed by atoms with Gasteiger partial charge in [0.2, 0.25) is 5.91 Å². The second-order valence-electron chi connectivity index (χ2n) is 5.10. The topological polar surface area (TPSA) is 122 Å². The van der Waals surface area contributed by atoms with E-state index in [0.29, 0.717) is 0 Å². The standard InChI is InChI=1S/C15H22N2O7S/c1-10(15(19)20)17(9-8-16-11(2)18)25(21,22)14-12(23-3)6-5-7-13(14)24-4/h5-7,10H,8-9H2,1-4H3,(H,16,18)(H,19,20). The first-order chi connectivity index (χ1) is 11.7. The molecule has 0 aliphatic rings. The molecule has 1 aromatic rings. The van der Waals surface area contributed by atoms with Gasteiger partial charge in [-0.05, 0) is 19.1 Å². The van der Waals surface area contributed by atoms with E-state index in [9.17, 15) is 23.1 Å². The van der Waals surface area contributed by atoms with Crippen LogP contribution in [0.15, 0.2) is 23.1 Å². The minimum atomic E-state index is -4.28. The number of nitrogens with zero attached hydrogens (tertiary/aromatic N) is 1. The SMILES string of the molecule is COc1cccc(OC)c1S(=O)(=O)N(CCNC(C)=O)C(C)C(=O)O. The predicted octanol–water partition coefficient (Wildman–Crippen LogP) is 0.304. The molecule has 0 aliphatic carbocycles. The smallest absolute Gasteiger partial charge is 0.321 e. The molecule has 1 atom stereocenters. The number of carboxylic acid groups (broad SMARTS) is 1. The molecule has 1 rings (SSSR count). The van der Waals surface area contributed by atoms with Crippen LogP contribution >= 0.6 is 0 Å². The van der Waals surface area contributed by atoms with Gasteiger partial charge in [0, 0.05) is 20.0 Å². The lowest BCUT2D eigenvalue weighted by Crippen LogP contribution is -2.46. The molecule has 0 heterocycles. The average Bonchev–Trinajstić information content (AvgIpc) is 2.56. The summed E-state index contributed by atoms with van der Waals surface area (Å²) in [5.74, 6) is -1.61. The highest BCUT2D eigenvalue weighted by molar-refractivity contribution is 7.89. The number of benzene rings is 1. The van der Waals surface area contributed by atoms with E-state index >= 15 is 0 Å². The Hall–Kier alpha value is -2.33. The quantitative estimate of drug-likeness (QED) is 0.637. The number of carbonyl (C=O) groups is 2. The molecule has 0 radical (unpaired) electrons. The number of carboxylic acids is 1. The van der Waals surface area contributed by atoms with Crippen LogP contribution < -0.4 is 14.8 Å². The van der Waals surface area contributed by atoms with E-state index in [1.54, 1.807) is 6.07 Å². The van der Waals surface area contributed by atoms with Crippen LogP contribution in [0.25, 0.3) is 0 Å². The zero-order valence-electron chi connectivity index (χ0n) is 14.5. The van der Waals surface area contributed by atoms with Gasteiger partial charge in [-0.15, -0.1) is 0 Å². The van der Waals surface area contributed by atoms with Gasteiger partial charge in [0.25, 0.3) is 10.0 Å². The molecule has 25 heavy (non-hydrogen) atoms. The van der Waals surface area contributed by atoms with Crippen LogP contribution in [-0.4, -0.2) is 63.1 Å². The van der Waals surface area contributed by atoms with E-state index < -0.39 is 22.0 Å². The Morgan fingerprint density at radius 2 is 1.76 bits per heavy atom. The van der Waals surface area contributed by atoms with Crippen molar-refractivity contribution in [3.8, 4) is 11.5 Å². The molecule has 140 valence electrons. The minimum absolute atomic E-state index is 0.0291. The molecule has 2 N–H and O–H groups in total. The Balaban J connectivity index is 3.41. The molecule has 0 saturated heterocycles. The lowest BCUT2D eigenvalue weighted by Gasteiger charge is -2.27. The third-order valence-electron chi connectivity index (χ3n) is 3.44. The van der Waals surface area contributed by atoms with Crippen molar-refractivity contribution >= 4 is 21.9 Å². The first-order valence-corrected chi connectivity index (χ1v) is 8.80. The van der Waals surface area contributed by atoms with E-state index in [2.05, 4.69) is 5.32 Å². The van der Waals surface area contributed by atoms with Crippen LogP contribution in [0.2, 0.25) is 0 Å². The first kappa shape index (κ1) is 20.7. The third kappa shape index (κ3) is 4.83. The zero-order valence-corrected chi connectivity index (χ0v) is 15.3. The second-order valence-corrected chi connectivity index (χ2v) is 6.93. The highest BCUT2D eigenvalue weighted by Crippen LogP contribution is 2.35. The largest absolute Gasteiger partial charge is 0.495 e. The number of nitrogens with one attached hydrogen (secondary N) is 1. The lowest BCUT2D eigenvalue weighted by molar-refractivity contribution is -0.140. The summed E-state index contributed by atoms with van der Waals surface area (Å²) in [4.78, 5) is 22.1. The Morgan fingerprint density at radius 1 is 1.24 bits per heavy atom. The van der Waals surface area contributed by atoms with Gasteiger partial charge in [-0.25, -0.2) is 8.42 Å². The maximum Gasteiger partial charge on any atom is 0.321 e. The number of aliphatic carboxylic acids is 1. The summed E-state index contributed by atoms with van der Waals surface area (Å²) in [6, 6.07) is 3.08. The Bertz CT molecular complexity index is 711. The Labute approximate surface area is 146 Å². The highest BCUT2D eigenvalue weighted by Gasteiger charge is 2.36. The minimum Gasteiger partial charge on any atom is -0.495 e. The average molecular weight is 374 g/mol. The fourth-order valence-electron chi connectivity index (χ4n) is 2.18. The van der Waals surface area contributed by atoms with Crippen molar-refractivity contribution in [1.82, 2.24) is 9.62 Å². The van der Waals surface area contributed by atoms with Crippen LogP contribution in [0.3, 0.4) is 0 Å². The molecule has 10 heteroatoms. The zero-order chi connectivity index (χ0) is 19.2. The summed E-state index contributed by atoms with van der Waals surface area (Å²) in [5, 5.41) is 11.7. The van der Waals surface area contributed by atoms with E-state index in [4.69, 9.17) is 9.47 Å². The molecule has 0 aliphatic heterocycles. The summed E-state index contributed by atoms with van der Waals surface area (Å²) >= 11 is 0. The van der Waals surface area contributed by atoms with Gasteiger partial charge in [0.1, 0.15) is 17.5 Å². The van der Waals surface area contributed by atoms with Crippen molar-refractivity contribution < 1.29 is 32.6 Å². The van der Waals surface area contributed by atoms with E-state index in [1.165, 1.54) is 40.2 Å². The number of carbonyl (C=O) groups excluding carboxylic acids is 1. The second kappa shape index (κ2) is 8.67. The number of hydrogen-bond donors (Lipinski definition) is 2. The molecule has 0 spiro atoms. The maximum absolute atomic E-state index is 13.1. The van der Waals surface area contributed by atoms with Crippen molar-refractivity contribution in [3.63, 3.8) is 0 Å². The highest BCUT2D eigenvalue weighted by atomic mass is 32.2. The molecule has 0 fully saturated rings. The number of amides is 1. The Kier molecular flexibility index (Phi) is 7.19. The van der Waals surface area contributed by atoms with Crippen LogP contribution in [0, 0.1) is 0 Å². The number of rotatable bonds is 9. The number of sulfonamides is 1. The van der Waals surface area contributed by atoms with Gasteiger partial charge in [0.05, 0.1) is 14.2 Å². The van der Waals surface area contributed by atoms with Crippen molar-refractivity contribution in [3.05, 3.63) is 18.2 Å². The monoisotopic (exact) mass is 374 g/mol. The van der Waals surface area contributed by atoms with Crippen LogP contribution in [0.4, 0.5) is 0 Å². The van der Waals surface area contributed by atoms with E-state index in [-0.39, 0.29) is 35.4 Å². The van der Waals surface area contributed by atoms with E-state index in [0.717, 1.165) is 4.31 Å². The molecular weight excluding hydrogens is 352 g/mol. The number of hydrogen-bond acceptors (Lipinski definition) is 6. The van der Waals surface area contributed by atoms with Gasteiger partial charge in [-0.1, -0.05) is 6.07 Å². The number of ether oxygens (including phenoxy) is 2. The molecule has 1 unspecified atom stereocenters. The van der Waals surface area contributed by atoms with Gasteiger partial charge < -0.3 is 19.9 Å². The summed E-state index contributed by atoms with van der Waals surface area (Å²) in [6.45, 7) is 2.26. The third-order valence-corrected chi connectivity index (χ3v) is 5.48. The fourth-order valence-corrected chi connectivity index (χ4v) is 4.06. The van der Waals surface area contributed by atoms with Crippen LogP contribution in [-0.2, 0) is 19.6 Å². The lowest BCUT2D eigenvalue weighted by atomic mass is 10.3. The molecular formula is C15H22N2O7S. The normalized spacial score (nSPS) is 12.5. The molecule has 0 saturated carbocycles. The van der Waals surface area contributed by atoms with Crippen molar-refractivity contribution in [2.24, 2.45) is 0 Å². The van der Waals surface area contributed by atoms with Crippen molar-refractivity contribution in [1.29, 1.82) is 0 Å². The summed E-state index contributed by atoms with van der Waals surface area (Å²) < 4.78 is 37.2. The molecule has 0 aromatic heterocycles.